The Labute approximate surface area is 165 Å². The van der Waals surface area contributed by atoms with E-state index in [2.05, 4.69) is 10.3 Å². The molecule has 1 aromatic carbocycles. The third-order valence-corrected chi connectivity index (χ3v) is 4.82. The Morgan fingerprint density at radius 2 is 1.79 bits per heavy atom. The molecule has 1 aromatic heterocycles. The maximum atomic E-state index is 12.6. The van der Waals surface area contributed by atoms with E-state index in [0.29, 0.717) is 31.4 Å². The number of carbonyl (C=O) groups excluding carboxylic acids is 1. The first-order valence-electron chi connectivity index (χ1n) is 9.14. The summed E-state index contributed by atoms with van der Waals surface area (Å²) in [7, 11) is 1.38. The van der Waals surface area contributed by atoms with E-state index in [1.807, 2.05) is 0 Å². The van der Waals surface area contributed by atoms with Gasteiger partial charge in [0, 0.05) is 18.3 Å². The molecule has 0 aliphatic heterocycles. The minimum Gasteiger partial charge on any atom is -0.503 e. The minimum atomic E-state index is -4.37. The van der Waals surface area contributed by atoms with E-state index < -0.39 is 17.6 Å². The summed E-state index contributed by atoms with van der Waals surface area (Å²) in [5.41, 5.74) is -0.821. The summed E-state index contributed by atoms with van der Waals surface area (Å²) in [4.78, 5) is 16.3. The fraction of sp³-hybridized carbons (Fsp3) is 0.400. The van der Waals surface area contributed by atoms with Crippen molar-refractivity contribution < 1.29 is 32.5 Å². The number of benzene rings is 1. The van der Waals surface area contributed by atoms with Crippen LogP contribution in [0.1, 0.15) is 41.7 Å². The van der Waals surface area contributed by atoms with E-state index in [1.165, 1.54) is 31.5 Å². The Kier molecular flexibility index (Phi) is 6.14. The van der Waals surface area contributed by atoms with Crippen LogP contribution in [0.4, 0.5) is 13.2 Å². The fourth-order valence-electron chi connectivity index (χ4n) is 3.26. The van der Waals surface area contributed by atoms with Crippen LogP contribution in [0.3, 0.4) is 0 Å². The molecule has 3 rings (SSSR count). The van der Waals surface area contributed by atoms with Gasteiger partial charge in [-0.2, -0.15) is 13.2 Å². The number of methoxy groups -OCH3 is 1. The molecule has 1 aliphatic carbocycles. The van der Waals surface area contributed by atoms with Crippen molar-refractivity contribution in [3.63, 3.8) is 0 Å². The second kappa shape index (κ2) is 8.59. The summed E-state index contributed by atoms with van der Waals surface area (Å²) in [6.07, 6.45) is -0.567. The van der Waals surface area contributed by atoms with Crippen molar-refractivity contribution in [1.82, 2.24) is 10.3 Å². The Balaban J connectivity index is 1.51. The number of amides is 1. The summed E-state index contributed by atoms with van der Waals surface area (Å²) in [5, 5.41) is 12.9. The van der Waals surface area contributed by atoms with Crippen LogP contribution in [0.25, 0.3) is 0 Å². The number of aromatic hydroxyl groups is 1. The highest BCUT2D eigenvalue weighted by atomic mass is 19.4. The molecule has 0 atom stereocenters. The lowest BCUT2D eigenvalue weighted by Gasteiger charge is -2.29. The first-order chi connectivity index (χ1) is 13.8. The molecule has 1 aliphatic rings. The Morgan fingerprint density at radius 1 is 1.14 bits per heavy atom. The van der Waals surface area contributed by atoms with Gasteiger partial charge in [0.1, 0.15) is 5.75 Å². The molecule has 2 N–H and O–H groups in total. The molecule has 29 heavy (non-hydrogen) atoms. The summed E-state index contributed by atoms with van der Waals surface area (Å²) in [6.45, 7) is 0. The molecule has 6 nitrogen and oxygen atoms in total. The predicted molar refractivity (Wildman–Crippen MR) is 98.0 cm³/mol. The number of aromatic nitrogens is 1. The molecule has 1 fully saturated rings. The smallest absolute Gasteiger partial charge is 0.416 e. The van der Waals surface area contributed by atoms with Crippen LogP contribution < -0.4 is 14.8 Å². The standard InChI is InChI=1S/C20H21F3N2O4/c1-28-16-10-11-24-17(18(16)26)19(27)25-13-4-8-15(9-5-13)29-14-6-2-12(3-7-14)20(21,22)23/h2-3,6-7,10-11,13,15,26H,4-5,8-9H2,1H3,(H,25,27)/t13-,15-. The van der Waals surface area contributed by atoms with Gasteiger partial charge in [-0.15, -0.1) is 0 Å². The number of halogens is 3. The first kappa shape index (κ1) is 20.8. The van der Waals surface area contributed by atoms with Crippen LogP contribution >= 0.6 is 0 Å². The monoisotopic (exact) mass is 410 g/mol. The normalized spacial score (nSPS) is 19.4. The number of ether oxygens (including phenoxy) is 2. The van der Waals surface area contributed by atoms with E-state index in [1.54, 1.807) is 0 Å². The van der Waals surface area contributed by atoms with Crippen molar-refractivity contribution in [3.05, 3.63) is 47.8 Å². The van der Waals surface area contributed by atoms with Gasteiger partial charge in [0.05, 0.1) is 18.8 Å². The third kappa shape index (κ3) is 5.10. The molecular weight excluding hydrogens is 389 g/mol. The van der Waals surface area contributed by atoms with Gasteiger partial charge in [-0.25, -0.2) is 4.98 Å². The molecule has 0 unspecified atom stereocenters. The zero-order chi connectivity index (χ0) is 21.0. The molecule has 1 amide bonds. The number of nitrogens with one attached hydrogen (secondary N) is 1. The lowest BCUT2D eigenvalue weighted by atomic mass is 9.92. The average Bonchev–Trinajstić information content (AvgIpc) is 2.69. The van der Waals surface area contributed by atoms with Crippen molar-refractivity contribution in [1.29, 1.82) is 0 Å². The maximum Gasteiger partial charge on any atom is 0.416 e. The second-order valence-electron chi connectivity index (χ2n) is 6.80. The molecular formula is C20H21F3N2O4. The Morgan fingerprint density at radius 3 is 2.38 bits per heavy atom. The SMILES string of the molecule is COc1ccnc(C(=O)N[C@H]2CC[C@H](Oc3ccc(C(F)(F)F)cc3)CC2)c1O. The van der Waals surface area contributed by atoms with Crippen LogP contribution in [-0.4, -0.2) is 35.3 Å². The highest BCUT2D eigenvalue weighted by molar-refractivity contribution is 5.95. The van der Waals surface area contributed by atoms with E-state index in [0.717, 1.165) is 12.1 Å². The summed E-state index contributed by atoms with van der Waals surface area (Å²) >= 11 is 0. The van der Waals surface area contributed by atoms with E-state index >= 15 is 0 Å². The molecule has 0 spiro atoms. The molecule has 1 saturated carbocycles. The number of pyridine rings is 1. The van der Waals surface area contributed by atoms with Crippen LogP contribution in [0.2, 0.25) is 0 Å². The largest absolute Gasteiger partial charge is 0.503 e. The van der Waals surface area contributed by atoms with Gasteiger partial charge in [0.15, 0.2) is 17.2 Å². The number of hydrogen-bond donors (Lipinski definition) is 2. The third-order valence-electron chi connectivity index (χ3n) is 4.82. The molecule has 0 saturated heterocycles. The van der Waals surface area contributed by atoms with Gasteiger partial charge >= 0.3 is 6.18 Å². The van der Waals surface area contributed by atoms with E-state index in [4.69, 9.17) is 9.47 Å². The highest BCUT2D eigenvalue weighted by Gasteiger charge is 2.30. The quantitative estimate of drug-likeness (QED) is 0.781. The van der Waals surface area contributed by atoms with E-state index in [-0.39, 0.29) is 29.3 Å². The molecule has 156 valence electrons. The van der Waals surface area contributed by atoms with Crippen molar-refractivity contribution in [2.45, 2.75) is 44.0 Å². The lowest BCUT2D eigenvalue weighted by molar-refractivity contribution is -0.137. The minimum absolute atomic E-state index is 0.104. The number of nitrogens with zero attached hydrogens (tertiary/aromatic N) is 1. The van der Waals surface area contributed by atoms with Crippen LogP contribution in [0.15, 0.2) is 36.5 Å². The highest BCUT2D eigenvalue weighted by Crippen LogP contribution is 2.32. The topological polar surface area (TPSA) is 80.7 Å². The number of rotatable bonds is 5. The number of alkyl halides is 3. The Bertz CT molecular complexity index is 848. The molecule has 1 heterocycles. The molecule has 9 heteroatoms. The van der Waals surface area contributed by atoms with Gasteiger partial charge in [0.2, 0.25) is 0 Å². The Hall–Kier alpha value is -2.97. The van der Waals surface area contributed by atoms with Gasteiger partial charge in [-0.05, 0) is 49.9 Å². The summed E-state index contributed by atoms with van der Waals surface area (Å²) < 4.78 is 48.6. The maximum absolute atomic E-state index is 12.6. The number of carbonyl (C=O) groups is 1. The molecule has 0 radical (unpaired) electrons. The zero-order valence-corrected chi connectivity index (χ0v) is 15.7. The van der Waals surface area contributed by atoms with Crippen molar-refractivity contribution >= 4 is 5.91 Å². The van der Waals surface area contributed by atoms with Gasteiger partial charge in [-0.1, -0.05) is 0 Å². The van der Waals surface area contributed by atoms with Crippen LogP contribution in [0, 0.1) is 0 Å². The second-order valence-corrected chi connectivity index (χ2v) is 6.80. The average molecular weight is 410 g/mol. The molecule has 0 bridgehead atoms. The fourth-order valence-corrected chi connectivity index (χ4v) is 3.26. The van der Waals surface area contributed by atoms with Crippen LogP contribution in [0.5, 0.6) is 17.2 Å². The number of hydrogen-bond acceptors (Lipinski definition) is 5. The first-order valence-corrected chi connectivity index (χ1v) is 9.14. The summed E-state index contributed by atoms with van der Waals surface area (Å²) in [6, 6.07) is 5.96. The molecule has 2 aromatic rings. The van der Waals surface area contributed by atoms with Crippen LogP contribution in [-0.2, 0) is 6.18 Å². The summed E-state index contributed by atoms with van der Waals surface area (Å²) in [5.74, 6) is -0.255. The van der Waals surface area contributed by atoms with Crippen molar-refractivity contribution in [2.24, 2.45) is 0 Å². The van der Waals surface area contributed by atoms with Crippen molar-refractivity contribution in [2.75, 3.05) is 7.11 Å². The van der Waals surface area contributed by atoms with Crippen molar-refractivity contribution in [3.8, 4) is 17.2 Å². The zero-order valence-electron chi connectivity index (χ0n) is 15.7. The van der Waals surface area contributed by atoms with Gasteiger partial charge < -0.3 is 19.9 Å². The lowest BCUT2D eigenvalue weighted by Crippen LogP contribution is -2.40. The van der Waals surface area contributed by atoms with E-state index in [9.17, 15) is 23.1 Å². The van der Waals surface area contributed by atoms with Gasteiger partial charge in [-0.3, -0.25) is 4.79 Å². The van der Waals surface area contributed by atoms with Gasteiger partial charge in [0.25, 0.3) is 5.91 Å². The predicted octanol–water partition coefficient (Wildman–Crippen LogP) is 3.93.